The van der Waals surface area contributed by atoms with Crippen LogP contribution < -0.4 is 0 Å². The van der Waals surface area contributed by atoms with Gasteiger partial charge in [0.1, 0.15) is 0 Å². The molecule has 118 valence electrons. The molecule has 22 heavy (non-hydrogen) atoms. The van der Waals surface area contributed by atoms with E-state index in [-0.39, 0.29) is 0 Å². The molecule has 1 aromatic rings. The van der Waals surface area contributed by atoms with Gasteiger partial charge in [-0.3, -0.25) is 4.98 Å². The lowest BCUT2D eigenvalue weighted by atomic mass is 10.1. The predicted molar refractivity (Wildman–Crippen MR) is 80.4 cm³/mol. The van der Waals surface area contributed by atoms with Crippen molar-refractivity contribution < 1.29 is 14.2 Å². The van der Waals surface area contributed by atoms with Crippen LogP contribution in [0.25, 0.3) is 5.70 Å². The van der Waals surface area contributed by atoms with Gasteiger partial charge in [-0.2, -0.15) is 0 Å². The Balaban J connectivity index is 1.94. The van der Waals surface area contributed by atoms with Crippen molar-refractivity contribution in [1.82, 2.24) is 14.8 Å². The number of hydrogen-bond donors (Lipinski definition) is 1. The second kappa shape index (κ2) is 6.41. The maximum absolute atomic E-state index is 13.9. The highest BCUT2D eigenvalue weighted by Crippen LogP contribution is 2.24. The normalized spacial score (nSPS) is 23.0. The van der Waals surface area contributed by atoms with Gasteiger partial charge in [-0.25, -0.2) is 9.38 Å². The van der Waals surface area contributed by atoms with Gasteiger partial charge in [0.2, 0.25) is 5.96 Å². The van der Waals surface area contributed by atoms with Crippen LogP contribution in [0.2, 0.25) is 0 Å². The molecule has 1 saturated heterocycles. The molecule has 0 aliphatic carbocycles. The van der Waals surface area contributed by atoms with Crippen molar-refractivity contribution in [1.29, 1.82) is 0 Å². The van der Waals surface area contributed by atoms with Gasteiger partial charge >= 0.3 is 0 Å². The zero-order valence-corrected chi connectivity index (χ0v) is 12.4. The molecule has 0 radical (unpaired) electrons. The first-order valence-corrected chi connectivity index (χ1v) is 7.31. The summed E-state index contributed by atoms with van der Waals surface area (Å²) >= 11 is 0. The molecule has 1 atom stereocenters. The third kappa shape index (κ3) is 2.95. The van der Waals surface area contributed by atoms with Crippen molar-refractivity contribution in [3.05, 3.63) is 35.9 Å². The molecule has 3 rings (SSSR count). The first-order valence-electron chi connectivity index (χ1n) is 7.31. The predicted octanol–water partition coefficient (Wildman–Crippen LogP) is 0.904. The molecule has 0 amide bonds. The van der Waals surface area contributed by atoms with Crippen LogP contribution in [0.1, 0.15) is 12.0 Å². The van der Waals surface area contributed by atoms with Gasteiger partial charge in [0, 0.05) is 38.5 Å². The average molecular weight is 306 g/mol. The van der Waals surface area contributed by atoms with Gasteiger partial charge in [0.05, 0.1) is 18.5 Å². The molecule has 3 heterocycles. The van der Waals surface area contributed by atoms with Crippen molar-refractivity contribution >= 4 is 11.7 Å². The lowest BCUT2D eigenvalue weighted by Crippen LogP contribution is -2.49. The smallest absolute Gasteiger partial charge is 0.203 e. The number of aliphatic hydroxyl groups is 1. The summed E-state index contributed by atoms with van der Waals surface area (Å²) in [5, 5.41) is 10.2. The zero-order chi connectivity index (χ0) is 15.5. The zero-order valence-electron chi connectivity index (χ0n) is 12.4. The number of halogens is 1. The molecule has 2 aliphatic rings. The van der Waals surface area contributed by atoms with E-state index in [2.05, 4.69) is 14.9 Å². The number of rotatable bonds is 1. The third-order valence-electron chi connectivity index (χ3n) is 3.79. The van der Waals surface area contributed by atoms with Gasteiger partial charge in [0.25, 0.3) is 0 Å². The Labute approximate surface area is 128 Å². The van der Waals surface area contributed by atoms with E-state index in [1.807, 2.05) is 0 Å². The highest BCUT2D eigenvalue weighted by molar-refractivity contribution is 5.88. The van der Waals surface area contributed by atoms with Gasteiger partial charge in [0.15, 0.2) is 12.0 Å². The number of aromatic nitrogens is 1. The van der Waals surface area contributed by atoms with Gasteiger partial charge in [-0.15, -0.1) is 0 Å². The van der Waals surface area contributed by atoms with Crippen LogP contribution in [0.3, 0.4) is 0 Å². The molecule has 6 nitrogen and oxygen atoms in total. The quantitative estimate of drug-likeness (QED) is 0.835. The lowest BCUT2D eigenvalue weighted by Gasteiger charge is -2.35. The first kappa shape index (κ1) is 14.9. The summed E-state index contributed by atoms with van der Waals surface area (Å²) in [5.41, 5.74) is 0.761. The summed E-state index contributed by atoms with van der Waals surface area (Å²) in [6.45, 7) is 2.83. The van der Waals surface area contributed by atoms with E-state index in [1.165, 1.54) is 12.3 Å². The van der Waals surface area contributed by atoms with Crippen molar-refractivity contribution in [2.24, 2.45) is 4.99 Å². The minimum absolute atomic E-state index is 0.339. The molecular weight excluding hydrogens is 287 g/mol. The van der Waals surface area contributed by atoms with Gasteiger partial charge < -0.3 is 19.6 Å². The molecule has 0 saturated carbocycles. The highest BCUT2D eigenvalue weighted by atomic mass is 19.1. The molecule has 1 unspecified atom stereocenters. The second-order valence-electron chi connectivity index (χ2n) is 5.30. The number of pyridine rings is 1. The number of guanidine groups is 1. The Kier molecular flexibility index (Phi) is 4.35. The lowest BCUT2D eigenvalue weighted by molar-refractivity contribution is 0.0991. The van der Waals surface area contributed by atoms with E-state index in [1.54, 1.807) is 18.0 Å². The molecule has 2 aliphatic heterocycles. The summed E-state index contributed by atoms with van der Waals surface area (Å²) < 4.78 is 19.4. The molecule has 1 fully saturated rings. The number of aliphatic hydroxyl groups excluding tert-OH is 1. The van der Waals surface area contributed by atoms with E-state index >= 15 is 0 Å². The minimum atomic E-state index is -0.848. The summed E-state index contributed by atoms with van der Waals surface area (Å²) in [4.78, 5) is 12.0. The van der Waals surface area contributed by atoms with E-state index in [4.69, 9.17) is 4.74 Å². The fourth-order valence-electron chi connectivity index (χ4n) is 2.57. The summed E-state index contributed by atoms with van der Waals surface area (Å²) in [7, 11) is 1.77. The maximum Gasteiger partial charge on any atom is 0.203 e. The summed E-state index contributed by atoms with van der Waals surface area (Å²) in [6.07, 6.45) is 4.25. The molecule has 1 aromatic heterocycles. The monoisotopic (exact) mass is 306 g/mol. The van der Waals surface area contributed by atoms with Crippen molar-refractivity contribution in [2.45, 2.75) is 12.6 Å². The molecule has 0 aromatic carbocycles. The molecule has 0 bridgehead atoms. The number of likely N-dealkylation sites (N-methyl/N-ethyl adjacent to an activating group) is 1. The van der Waals surface area contributed by atoms with Crippen LogP contribution in [-0.4, -0.2) is 65.4 Å². The van der Waals surface area contributed by atoms with E-state index < -0.39 is 12.0 Å². The largest absolute Gasteiger partial charge is 0.380 e. The Hall–Kier alpha value is -1.99. The third-order valence-corrected chi connectivity index (χ3v) is 3.79. The number of ether oxygens (including phenoxy) is 1. The molecule has 7 heteroatoms. The summed E-state index contributed by atoms with van der Waals surface area (Å²) in [5.74, 6) is 0.180. The summed E-state index contributed by atoms with van der Waals surface area (Å²) in [6, 6.07) is 1.56. The van der Waals surface area contributed by atoms with Crippen LogP contribution >= 0.6 is 0 Å². The minimum Gasteiger partial charge on any atom is -0.380 e. The standard InChI is InChI=1S/C15H19FN4O2/c1-19-14(21)9-13(11-3-4-17-10-12(11)16)18-15(19)20-5-2-7-22-8-6-20/h3-4,9-10,14,21H,2,5-8H2,1H3. The van der Waals surface area contributed by atoms with E-state index in [9.17, 15) is 9.50 Å². The Bertz CT molecular complexity index is 597. The van der Waals surface area contributed by atoms with Crippen molar-refractivity contribution in [3.63, 3.8) is 0 Å². The topological polar surface area (TPSA) is 61.2 Å². The molecule has 1 N–H and O–H groups in total. The van der Waals surface area contributed by atoms with E-state index in [0.29, 0.717) is 30.4 Å². The molecular formula is C15H19FN4O2. The van der Waals surface area contributed by atoms with Crippen LogP contribution in [0.15, 0.2) is 29.5 Å². The van der Waals surface area contributed by atoms with Crippen molar-refractivity contribution in [2.75, 3.05) is 33.4 Å². The fraction of sp³-hybridized carbons (Fsp3) is 0.467. The van der Waals surface area contributed by atoms with Gasteiger partial charge in [-0.05, 0) is 18.6 Å². The van der Waals surface area contributed by atoms with Crippen LogP contribution in [0.4, 0.5) is 4.39 Å². The van der Waals surface area contributed by atoms with Gasteiger partial charge in [-0.1, -0.05) is 0 Å². The first-order chi connectivity index (χ1) is 10.7. The van der Waals surface area contributed by atoms with Crippen LogP contribution in [0.5, 0.6) is 0 Å². The van der Waals surface area contributed by atoms with Crippen molar-refractivity contribution in [3.8, 4) is 0 Å². The molecule has 0 spiro atoms. The highest BCUT2D eigenvalue weighted by Gasteiger charge is 2.26. The van der Waals surface area contributed by atoms with E-state index in [0.717, 1.165) is 25.8 Å². The SMILES string of the molecule is CN1C(N2CCCOCC2)=NC(c2ccncc2F)=CC1O. The fourth-order valence-corrected chi connectivity index (χ4v) is 2.57. The maximum atomic E-state index is 13.9. The number of aliphatic imine (C=N–C) groups is 1. The van der Waals surface area contributed by atoms with Crippen LogP contribution in [0, 0.1) is 5.82 Å². The second-order valence-corrected chi connectivity index (χ2v) is 5.30. The Morgan fingerprint density at radius 1 is 1.36 bits per heavy atom. The number of nitrogens with zero attached hydrogens (tertiary/aromatic N) is 4. The average Bonchev–Trinajstić information content (AvgIpc) is 2.79. The van der Waals surface area contributed by atoms with Crippen LogP contribution in [-0.2, 0) is 4.74 Å². The number of hydrogen-bond acceptors (Lipinski definition) is 6. The Morgan fingerprint density at radius 3 is 3.05 bits per heavy atom. The Morgan fingerprint density at radius 2 is 2.23 bits per heavy atom.